The van der Waals surface area contributed by atoms with E-state index in [1.54, 1.807) is 34.7 Å². The van der Waals surface area contributed by atoms with Gasteiger partial charge in [0.2, 0.25) is 3.79 Å². The predicted octanol–water partition coefficient (Wildman–Crippen LogP) is 2.31. The third kappa shape index (κ3) is 1.91. The SMILES string of the molecule is O=C(I)c1ccc(Cl)nc1. The molecule has 1 aromatic heterocycles. The van der Waals surface area contributed by atoms with Gasteiger partial charge in [-0.15, -0.1) is 0 Å². The molecular weight excluding hydrogens is 264 g/mol. The van der Waals surface area contributed by atoms with Gasteiger partial charge in [0.1, 0.15) is 5.15 Å². The second-order valence-corrected chi connectivity index (χ2v) is 3.01. The Labute approximate surface area is 76.7 Å². The molecule has 2 nitrogen and oxygen atoms in total. The second-order valence-electron chi connectivity index (χ2n) is 1.64. The summed E-state index contributed by atoms with van der Waals surface area (Å²) >= 11 is 7.19. The van der Waals surface area contributed by atoms with Crippen LogP contribution in [0.3, 0.4) is 0 Å². The molecule has 0 aromatic carbocycles. The normalized spacial score (nSPS) is 9.40. The van der Waals surface area contributed by atoms with E-state index < -0.39 is 0 Å². The first kappa shape index (κ1) is 7.94. The van der Waals surface area contributed by atoms with Crippen molar-refractivity contribution < 1.29 is 4.79 Å². The first-order valence-electron chi connectivity index (χ1n) is 2.51. The lowest BCUT2D eigenvalue weighted by Gasteiger charge is -1.90. The van der Waals surface area contributed by atoms with Crippen LogP contribution >= 0.6 is 34.2 Å². The molecule has 0 unspecified atom stereocenters. The molecule has 1 heterocycles. The van der Waals surface area contributed by atoms with Gasteiger partial charge >= 0.3 is 0 Å². The summed E-state index contributed by atoms with van der Waals surface area (Å²) < 4.78 is -0.0261. The zero-order valence-corrected chi connectivity index (χ0v) is 7.76. The van der Waals surface area contributed by atoms with Gasteiger partial charge in [-0.25, -0.2) is 4.98 Å². The van der Waals surface area contributed by atoms with Crippen LogP contribution in [0.25, 0.3) is 0 Å². The third-order valence-corrected chi connectivity index (χ3v) is 1.80. The van der Waals surface area contributed by atoms with Crippen LogP contribution < -0.4 is 0 Å². The first-order chi connectivity index (χ1) is 4.70. The fourth-order valence-electron chi connectivity index (χ4n) is 0.492. The van der Waals surface area contributed by atoms with Crippen molar-refractivity contribution in [2.75, 3.05) is 0 Å². The summed E-state index contributed by atoms with van der Waals surface area (Å²) in [7, 11) is 0. The summed E-state index contributed by atoms with van der Waals surface area (Å²) in [5.41, 5.74) is 0.574. The highest BCUT2D eigenvalue weighted by molar-refractivity contribution is 14.1. The van der Waals surface area contributed by atoms with Crippen molar-refractivity contribution in [2.45, 2.75) is 0 Å². The number of nitrogens with zero attached hydrogens (tertiary/aromatic N) is 1. The van der Waals surface area contributed by atoms with Gasteiger partial charge in [0.15, 0.2) is 0 Å². The van der Waals surface area contributed by atoms with Crippen LogP contribution in [0.15, 0.2) is 18.3 Å². The molecule has 1 aromatic rings. The van der Waals surface area contributed by atoms with Crippen LogP contribution in [-0.4, -0.2) is 8.77 Å². The van der Waals surface area contributed by atoms with E-state index in [9.17, 15) is 4.79 Å². The van der Waals surface area contributed by atoms with Crippen LogP contribution in [0.5, 0.6) is 0 Å². The molecule has 0 aliphatic rings. The monoisotopic (exact) mass is 267 g/mol. The molecule has 0 aliphatic heterocycles. The van der Waals surface area contributed by atoms with Gasteiger partial charge in [-0.1, -0.05) is 11.6 Å². The summed E-state index contributed by atoms with van der Waals surface area (Å²) in [6.45, 7) is 0. The van der Waals surface area contributed by atoms with Crippen molar-refractivity contribution >= 4 is 38.0 Å². The Bertz CT molecular complexity index is 246. The highest BCUT2D eigenvalue weighted by atomic mass is 127. The molecule has 0 spiro atoms. The average molecular weight is 267 g/mol. The van der Waals surface area contributed by atoms with Crippen molar-refractivity contribution in [2.24, 2.45) is 0 Å². The molecule has 0 amide bonds. The molecule has 0 saturated carbocycles. The lowest BCUT2D eigenvalue weighted by molar-refractivity contribution is 0.110. The first-order valence-corrected chi connectivity index (χ1v) is 3.97. The molecule has 52 valence electrons. The fourth-order valence-corrected chi connectivity index (χ4v) is 0.923. The largest absolute Gasteiger partial charge is 0.282 e. The van der Waals surface area contributed by atoms with E-state index in [4.69, 9.17) is 11.6 Å². The molecule has 0 fully saturated rings. The van der Waals surface area contributed by atoms with Crippen molar-refractivity contribution in [1.29, 1.82) is 0 Å². The number of hydrogen-bond acceptors (Lipinski definition) is 2. The maximum absolute atomic E-state index is 10.7. The summed E-state index contributed by atoms with van der Waals surface area (Å²) in [5.74, 6) is 0. The van der Waals surface area contributed by atoms with Gasteiger partial charge in [-0.05, 0) is 12.1 Å². The van der Waals surface area contributed by atoms with Crippen molar-refractivity contribution in [1.82, 2.24) is 4.98 Å². The van der Waals surface area contributed by atoms with E-state index in [1.165, 1.54) is 6.20 Å². The quantitative estimate of drug-likeness (QED) is 0.444. The molecule has 0 saturated heterocycles. The minimum absolute atomic E-state index is 0.0261. The molecule has 10 heavy (non-hydrogen) atoms. The fraction of sp³-hybridized carbons (Fsp3) is 0. The number of pyridine rings is 1. The number of halogens is 2. The van der Waals surface area contributed by atoms with Crippen molar-refractivity contribution in [3.05, 3.63) is 29.0 Å². The minimum atomic E-state index is -0.0261. The van der Waals surface area contributed by atoms with Gasteiger partial charge in [0, 0.05) is 34.4 Å². The van der Waals surface area contributed by atoms with Gasteiger partial charge in [-0.2, -0.15) is 0 Å². The number of aromatic nitrogens is 1. The smallest absolute Gasteiger partial charge is 0.223 e. The van der Waals surface area contributed by atoms with E-state index in [0.717, 1.165) is 0 Å². The summed E-state index contributed by atoms with van der Waals surface area (Å²) in [6, 6.07) is 3.23. The number of carbonyl (C=O) groups is 1. The summed E-state index contributed by atoms with van der Waals surface area (Å²) in [6.07, 6.45) is 1.46. The van der Waals surface area contributed by atoms with E-state index in [2.05, 4.69) is 4.98 Å². The van der Waals surface area contributed by atoms with Crippen molar-refractivity contribution in [3.63, 3.8) is 0 Å². The topological polar surface area (TPSA) is 30.0 Å². The van der Waals surface area contributed by atoms with Gasteiger partial charge < -0.3 is 0 Å². The van der Waals surface area contributed by atoms with E-state index >= 15 is 0 Å². The Morgan fingerprint density at radius 1 is 1.60 bits per heavy atom. The highest BCUT2D eigenvalue weighted by Gasteiger charge is 1.98. The molecule has 1 rings (SSSR count). The maximum atomic E-state index is 10.7. The Kier molecular flexibility index (Phi) is 2.62. The van der Waals surface area contributed by atoms with Gasteiger partial charge in [0.25, 0.3) is 0 Å². The molecule has 0 radical (unpaired) electrons. The van der Waals surface area contributed by atoms with Crippen molar-refractivity contribution in [3.8, 4) is 0 Å². The van der Waals surface area contributed by atoms with Gasteiger partial charge in [0.05, 0.1) is 0 Å². The Morgan fingerprint density at radius 3 is 2.70 bits per heavy atom. The molecule has 0 N–H and O–H groups in total. The Hall–Kier alpha value is -0.160. The molecule has 4 heteroatoms. The standard InChI is InChI=1S/C6H3ClINO/c7-5-2-1-4(3-9-5)6(8)10/h1-3H. The Morgan fingerprint density at radius 2 is 2.30 bits per heavy atom. The lowest BCUT2D eigenvalue weighted by Crippen LogP contribution is -1.87. The van der Waals surface area contributed by atoms with Crippen LogP contribution in [0.2, 0.25) is 5.15 Å². The summed E-state index contributed by atoms with van der Waals surface area (Å²) in [5, 5.41) is 0.404. The average Bonchev–Trinajstić information content (AvgIpc) is 1.88. The van der Waals surface area contributed by atoms with Crippen LogP contribution in [0.4, 0.5) is 0 Å². The predicted molar refractivity (Wildman–Crippen MR) is 47.6 cm³/mol. The Balaban J connectivity index is 3.00. The highest BCUT2D eigenvalue weighted by Crippen LogP contribution is 2.08. The van der Waals surface area contributed by atoms with E-state index in [0.29, 0.717) is 10.7 Å². The van der Waals surface area contributed by atoms with Gasteiger partial charge in [-0.3, -0.25) is 4.79 Å². The number of hydrogen-bond donors (Lipinski definition) is 0. The number of carbonyl (C=O) groups excluding carboxylic acids is 1. The molecule has 0 aliphatic carbocycles. The zero-order chi connectivity index (χ0) is 7.56. The minimum Gasteiger partial charge on any atom is -0.282 e. The molecule has 0 atom stereocenters. The number of rotatable bonds is 1. The maximum Gasteiger partial charge on any atom is 0.223 e. The second kappa shape index (κ2) is 3.30. The zero-order valence-electron chi connectivity index (χ0n) is 4.84. The molecular formula is C6H3ClINO. The molecule has 0 bridgehead atoms. The van der Waals surface area contributed by atoms with Crippen LogP contribution in [0, 0.1) is 0 Å². The van der Waals surface area contributed by atoms with Crippen LogP contribution in [-0.2, 0) is 0 Å². The van der Waals surface area contributed by atoms with E-state index in [1.807, 2.05) is 0 Å². The third-order valence-electron chi connectivity index (χ3n) is 0.954. The lowest BCUT2D eigenvalue weighted by atomic mass is 10.3. The summed E-state index contributed by atoms with van der Waals surface area (Å²) in [4.78, 5) is 14.4. The van der Waals surface area contributed by atoms with Crippen LogP contribution in [0.1, 0.15) is 10.4 Å². The van der Waals surface area contributed by atoms with E-state index in [-0.39, 0.29) is 3.79 Å².